The molecule has 2 amide bonds. The van der Waals surface area contributed by atoms with E-state index in [-0.39, 0.29) is 37.8 Å². The number of carbonyl (C=O) groups is 5. The van der Waals surface area contributed by atoms with Crippen LogP contribution in [0.3, 0.4) is 0 Å². The van der Waals surface area contributed by atoms with E-state index in [2.05, 4.69) is 0 Å². The van der Waals surface area contributed by atoms with Gasteiger partial charge in [0.15, 0.2) is 17.7 Å². The van der Waals surface area contributed by atoms with Gasteiger partial charge in [0.1, 0.15) is 5.60 Å². The number of nitrogens with zero attached hydrogens (tertiary/aromatic N) is 1. The van der Waals surface area contributed by atoms with Crippen LogP contribution in [0, 0.1) is 11.8 Å². The Morgan fingerprint density at radius 2 is 1.67 bits per heavy atom. The molecule has 1 fully saturated rings. The van der Waals surface area contributed by atoms with Crippen molar-refractivity contribution in [3.05, 3.63) is 48.0 Å². The molecule has 0 radical (unpaired) electrons. The lowest BCUT2D eigenvalue weighted by Crippen LogP contribution is -2.53. The topological polar surface area (TPSA) is 146 Å². The second kappa shape index (κ2) is 16.9. The van der Waals surface area contributed by atoms with Crippen molar-refractivity contribution in [3.8, 4) is 0 Å². The first kappa shape index (κ1) is 34.8. The van der Waals surface area contributed by atoms with Gasteiger partial charge in [-0.25, -0.2) is 9.69 Å². The minimum Gasteiger partial charge on any atom is -0.453 e. The Kier molecular flexibility index (Phi) is 14.0. The fraction of sp³-hybridized carbons (Fsp3) is 0.581. The highest BCUT2D eigenvalue weighted by molar-refractivity contribution is 6.05. The van der Waals surface area contributed by atoms with Crippen LogP contribution in [0.4, 0.5) is 4.79 Å². The summed E-state index contributed by atoms with van der Waals surface area (Å²) < 4.78 is 21.4. The van der Waals surface area contributed by atoms with Gasteiger partial charge in [-0.2, -0.15) is 0 Å². The first-order chi connectivity index (χ1) is 19.9. The average Bonchev–Trinajstić information content (AvgIpc) is 3.18. The molecule has 1 heterocycles. The van der Waals surface area contributed by atoms with Crippen molar-refractivity contribution in [2.75, 3.05) is 33.0 Å². The van der Waals surface area contributed by atoms with Gasteiger partial charge in [0, 0.05) is 20.0 Å². The van der Waals surface area contributed by atoms with Gasteiger partial charge >= 0.3 is 12.1 Å². The number of imide groups is 1. The lowest BCUT2D eigenvalue weighted by molar-refractivity contribution is -0.159. The maximum absolute atomic E-state index is 14.1. The van der Waals surface area contributed by atoms with Crippen LogP contribution >= 0.6 is 0 Å². The molecule has 0 bridgehead atoms. The molecule has 3 atom stereocenters. The van der Waals surface area contributed by atoms with Crippen molar-refractivity contribution < 1.29 is 48.0 Å². The summed E-state index contributed by atoms with van der Waals surface area (Å²) in [6.07, 6.45) is 0.211. The SMILES string of the molecule is CC(=O)OC(C(=O)C=CC(=O)CCCOCCOCCO)C(Cc1ccccc1)C(=O)N1C(=O)OC(C)(C)C1C(C)C. The molecule has 0 aromatic heterocycles. The molecule has 1 aliphatic heterocycles. The van der Waals surface area contributed by atoms with Crippen LogP contribution in [-0.2, 0) is 44.5 Å². The van der Waals surface area contributed by atoms with E-state index >= 15 is 0 Å². The lowest BCUT2D eigenvalue weighted by atomic mass is 9.85. The van der Waals surface area contributed by atoms with E-state index in [0.717, 1.165) is 24.0 Å². The average molecular weight is 590 g/mol. The summed E-state index contributed by atoms with van der Waals surface area (Å²) >= 11 is 0. The number of hydrogen-bond acceptors (Lipinski definition) is 10. The number of esters is 1. The third-order valence-electron chi connectivity index (χ3n) is 6.71. The Bertz CT molecular complexity index is 1100. The number of aliphatic hydroxyl groups is 1. The molecule has 3 unspecified atom stereocenters. The minimum atomic E-state index is -1.58. The number of aliphatic hydroxyl groups excluding tert-OH is 1. The number of rotatable bonds is 18. The second-order valence-corrected chi connectivity index (χ2v) is 10.9. The fourth-order valence-electron chi connectivity index (χ4n) is 5.06. The highest BCUT2D eigenvalue weighted by atomic mass is 16.6. The Morgan fingerprint density at radius 3 is 2.26 bits per heavy atom. The summed E-state index contributed by atoms with van der Waals surface area (Å²) in [5.41, 5.74) is -0.280. The number of cyclic esters (lactones) is 1. The molecule has 0 aliphatic carbocycles. The van der Waals surface area contributed by atoms with Crippen molar-refractivity contribution in [1.82, 2.24) is 4.90 Å². The number of ketones is 2. The predicted octanol–water partition coefficient (Wildman–Crippen LogP) is 3.06. The molecule has 1 N–H and O–H groups in total. The Balaban J connectivity index is 2.24. The number of amides is 2. The summed E-state index contributed by atoms with van der Waals surface area (Å²) in [7, 11) is 0. The van der Waals surface area contributed by atoms with Gasteiger partial charge in [-0.1, -0.05) is 44.2 Å². The van der Waals surface area contributed by atoms with Crippen molar-refractivity contribution in [1.29, 1.82) is 0 Å². The van der Waals surface area contributed by atoms with E-state index in [4.69, 9.17) is 24.1 Å². The maximum atomic E-state index is 14.1. The summed E-state index contributed by atoms with van der Waals surface area (Å²) in [6, 6.07) is 8.25. The molecule has 1 saturated heterocycles. The Hall–Kier alpha value is -3.41. The predicted molar refractivity (Wildman–Crippen MR) is 152 cm³/mol. The molecule has 232 valence electrons. The first-order valence-electron chi connectivity index (χ1n) is 14.2. The Labute approximate surface area is 247 Å². The van der Waals surface area contributed by atoms with Gasteiger partial charge in [0.05, 0.1) is 38.4 Å². The second-order valence-electron chi connectivity index (χ2n) is 10.9. The third-order valence-corrected chi connectivity index (χ3v) is 6.71. The van der Waals surface area contributed by atoms with E-state index in [1.54, 1.807) is 44.2 Å². The number of carbonyl (C=O) groups excluding carboxylic acids is 5. The van der Waals surface area contributed by atoms with E-state index in [1.165, 1.54) is 0 Å². The van der Waals surface area contributed by atoms with Crippen LogP contribution in [0.25, 0.3) is 0 Å². The van der Waals surface area contributed by atoms with Gasteiger partial charge in [-0.05, 0) is 50.3 Å². The van der Waals surface area contributed by atoms with Gasteiger partial charge in [-0.15, -0.1) is 0 Å². The molecule has 0 spiro atoms. The molecular formula is C31H43NO10. The van der Waals surface area contributed by atoms with Gasteiger partial charge in [-0.3, -0.25) is 19.2 Å². The van der Waals surface area contributed by atoms with Crippen LogP contribution in [0.5, 0.6) is 0 Å². The maximum Gasteiger partial charge on any atom is 0.417 e. The molecule has 1 aromatic carbocycles. The van der Waals surface area contributed by atoms with Gasteiger partial charge in [0.2, 0.25) is 5.91 Å². The van der Waals surface area contributed by atoms with Crippen molar-refractivity contribution in [3.63, 3.8) is 0 Å². The van der Waals surface area contributed by atoms with Crippen LogP contribution in [-0.4, -0.2) is 90.3 Å². The zero-order valence-electron chi connectivity index (χ0n) is 25.1. The van der Waals surface area contributed by atoms with Gasteiger partial charge < -0.3 is 24.1 Å². The molecule has 0 saturated carbocycles. The normalized spacial score (nSPS) is 17.7. The summed E-state index contributed by atoms with van der Waals surface area (Å²) in [4.78, 5) is 66.0. The smallest absolute Gasteiger partial charge is 0.417 e. The van der Waals surface area contributed by atoms with Crippen LogP contribution in [0.15, 0.2) is 42.5 Å². The largest absolute Gasteiger partial charge is 0.453 e. The van der Waals surface area contributed by atoms with Crippen molar-refractivity contribution in [2.24, 2.45) is 11.8 Å². The highest BCUT2D eigenvalue weighted by Crippen LogP contribution is 2.36. The van der Waals surface area contributed by atoms with Crippen LogP contribution in [0.1, 0.15) is 53.0 Å². The summed E-state index contributed by atoms with van der Waals surface area (Å²) in [5.74, 6) is -4.01. The molecule has 1 aromatic rings. The Morgan fingerprint density at radius 1 is 1.02 bits per heavy atom. The zero-order chi connectivity index (χ0) is 31.3. The molecule has 1 aliphatic rings. The summed E-state index contributed by atoms with van der Waals surface area (Å²) in [6.45, 7) is 9.39. The highest BCUT2D eigenvalue weighted by Gasteiger charge is 2.54. The molecule has 11 nitrogen and oxygen atoms in total. The minimum absolute atomic E-state index is 0.000468. The van der Waals surface area contributed by atoms with E-state index in [0.29, 0.717) is 31.8 Å². The van der Waals surface area contributed by atoms with Crippen molar-refractivity contribution in [2.45, 2.75) is 71.6 Å². The van der Waals surface area contributed by atoms with E-state index in [1.807, 2.05) is 13.8 Å². The van der Waals surface area contributed by atoms with Crippen LogP contribution < -0.4 is 0 Å². The third kappa shape index (κ3) is 10.5. The monoisotopic (exact) mass is 589 g/mol. The molecule has 11 heteroatoms. The molecule has 2 rings (SSSR count). The number of benzene rings is 1. The van der Waals surface area contributed by atoms with E-state index < -0.39 is 47.4 Å². The molecule has 42 heavy (non-hydrogen) atoms. The fourth-order valence-corrected chi connectivity index (χ4v) is 5.06. The molecular weight excluding hydrogens is 546 g/mol. The summed E-state index contributed by atoms with van der Waals surface area (Å²) in [5, 5.41) is 8.67. The zero-order valence-corrected chi connectivity index (χ0v) is 25.1. The van der Waals surface area contributed by atoms with Crippen LogP contribution in [0.2, 0.25) is 0 Å². The van der Waals surface area contributed by atoms with Crippen molar-refractivity contribution >= 4 is 29.5 Å². The number of ether oxygens (including phenoxy) is 4. The quantitative estimate of drug-likeness (QED) is 0.154. The first-order valence-corrected chi connectivity index (χ1v) is 14.2. The van der Waals surface area contributed by atoms with E-state index in [9.17, 15) is 24.0 Å². The lowest BCUT2D eigenvalue weighted by Gasteiger charge is -2.34. The number of allylic oxidation sites excluding steroid dienone is 1. The van der Waals surface area contributed by atoms with Gasteiger partial charge in [0.25, 0.3) is 0 Å². The number of hydrogen-bond donors (Lipinski definition) is 1. The standard InChI is InChI=1S/C31H43NO10/c1-21(2)28-31(4,5)42-30(38)32(28)29(37)25(20-23-10-7-6-8-11-23)27(41-22(3)34)26(36)14-13-24(35)12-9-16-39-18-19-40-17-15-33/h6-8,10-11,13-14,21,25,27-28,33H,9,12,15-20H2,1-5H3.